The highest BCUT2D eigenvalue weighted by Crippen LogP contribution is 2.04. The van der Waals surface area contributed by atoms with Gasteiger partial charge in [0.25, 0.3) is 0 Å². The Labute approximate surface area is 68.0 Å². The highest BCUT2D eigenvalue weighted by molar-refractivity contribution is 5.75. The molecule has 64 valence electrons. The van der Waals surface area contributed by atoms with E-state index in [0.29, 0.717) is 12.8 Å². The molecule has 0 aliphatic rings. The molecule has 2 nitrogen and oxygen atoms in total. The Morgan fingerprint density at radius 1 is 1.18 bits per heavy atom. The fourth-order valence-electron chi connectivity index (χ4n) is 0.955. The zero-order valence-electron chi connectivity index (χ0n) is 7.14. The maximum Gasteiger partial charge on any atom is 0.129 e. The predicted molar refractivity (Wildman–Crippen MR) is 44.4 cm³/mol. The molecule has 11 heavy (non-hydrogen) atoms. The minimum atomic E-state index is 0.264. The van der Waals surface area contributed by atoms with Crippen molar-refractivity contribution in [3.63, 3.8) is 0 Å². The van der Waals surface area contributed by atoms with Crippen LogP contribution in [0, 0.1) is 0 Å². The van der Waals surface area contributed by atoms with Gasteiger partial charge in [-0.3, -0.25) is 0 Å². The first-order valence-corrected chi connectivity index (χ1v) is 4.20. The fraction of sp³-hybridized carbons (Fsp3) is 0.778. The molecule has 0 unspecified atom stereocenters. The van der Waals surface area contributed by atoms with Crippen LogP contribution in [0.15, 0.2) is 0 Å². The zero-order valence-corrected chi connectivity index (χ0v) is 7.14. The van der Waals surface area contributed by atoms with Crippen LogP contribution in [0.25, 0.3) is 0 Å². The first-order chi connectivity index (χ1) is 5.27. The summed E-state index contributed by atoms with van der Waals surface area (Å²) in [5, 5.41) is 0. The second kappa shape index (κ2) is 7.45. The van der Waals surface area contributed by atoms with Crippen LogP contribution in [0.2, 0.25) is 0 Å². The van der Waals surface area contributed by atoms with Crippen LogP contribution in [0.1, 0.15) is 45.4 Å². The van der Waals surface area contributed by atoms with Gasteiger partial charge in [-0.2, -0.15) is 0 Å². The number of ketones is 1. The van der Waals surface area contributed by atoms with Crippen LogP contribution < -0.4 is 0 Å². The van der Waals surface area contributed by atoms with Gasteiger partial charge >= 0.3 is 0 Å². The van der Waals surface area contributed by atoms with Gasteiger partial charge in [-0.15, -0.1) is 0 Å². The monoisotopic (exact) mass is 156 g/mol. The van der Waals surface area contributed by atoms with Crippen LogP contribution in [0.5, 0.6) is 0 Å². The van der Waals surface area contributed by atoms with Gasteiger partial charge < -0.3 is 9.59 Å². The largest absolute Gasteiger partial charge is 0.303 e. The van der Waals surface area contributed by atoms with Crippen molar-refractivity contribution in [2.45, 2.75) is 45.4 Å². The normalized spacial score (nSPS) is 9.55. The average molecular weight is 156 g/mol. The molecule has 0 aromatic carbocycles. The van der Waals surface area contributed by atoms with Crippen LogP contribution >= 0.6 is 0 Å². The van der Waals surface area contributed by atoms with Crippen molar-refractivity contribution in [3.05, 3.63) is 0 Å². The minimum Gasteiger partial charge on any atom is -0.303 e. The molecule has 0 radical (unpaired) electrons. The maximum atomic E-state index is 10.5. The quantitative estimate of drug-likeness (QED) is 0.418. The number of unbranched alkanes of at least 4 members (excludes halogenated alkanes) is 4. The first-order valence-electron chi connectivity index (χ1n) is 4.20. The van der Waals surface area contributed by atoms with E-state index in [0.717, 1.165) is 32.0 Å². The molecule has 0 aliphatic heterocycles. The second-order valence-electron chi connectivity index (χ2n) is 2.82. The third-order valence-electron chi connectivity index (χ3n) is 1.60. The summed E-state index contributed by atoms with van der Waals surface area (Å²) in [4.78, 5) is 20.4. The van der Waals surface area contributed by atoms with Gasteiger partial charge in [0.2, 0.25) is 0 Å². The number of Topliss-reactive ketones (excluding diaryl/α,β-unsaturated/α-hetero) is 1. The molecule has 0 amide bonds. The van der Waals surface area contributed by atoms with E-state index in [2.05, 4.69) is 0 Å². The topological polar surface area (TPSA) is 34.1 Å². The highest BCUT2D eigenvalue weighted by atomic mass is 16.1. The van der Waals surface area contributed by atoms with Crippen molar-refractivity contribution in [3.8, 4) is 0 Å². The molecule has 0 bridgehead atoms. The second-order valence-corrected chi connectivity index (χ2v) is 2.82. The molecule has 0 rings (SSSR count). The van der Waals surface area contributed by atoms with Gasteiger partial charge in [-0.05, 0) is 19.8 Å². The molecule has 0 spiro atoms. The molecule has 0 heterocycles. The molecule has 0 N–H and O–H groups in total. The molecule has 0 saturated carbocycles. The fourth-order valence-corrected chi connectivity index (χ4v) is 0.955. The maximum absolute atomic E-state index is 10.5. The molecule has 0 saturated heterocycles. The molecule has 0 atom stereocenters. The number of carbonyl (C=O) groups excluding carboxylic acids is 2. The Hall–Kier alpha value is -0.660. The third-order valence-corrected chi connectivity index (χ3v) is 1.60. The Balaban J connectivity index is 2.90. The predicted octanol–water partition coefficient (Wildman–Crippen LogP) is 2.11. The SMILES string of the molecule is CC(=O)CCCCCCC=O. The number of aldehydes is 1. The van der Waals surface area contributed by atoms with Crippen LogP contribution in [-0.2, 0) is 9.59 Å². The van der Waals surface area contributed by atoms with Crippen molar-refractivity contribution < 1.29 is 9.59 Å². The zero-order chi connectivity index (χ0) is 8.53. The molecule has 2 heteroatoms. The first kappa shape index (κ1) is 10.3. The Morgan fingerprint density at radius 2 is 1.82 bits per heavy atom. The van der Waals surface area contributed by atoms with E-state index in [1.165, 1.54) is 0 Å². The lowest BCUT2D eigenvalue weighted by Gasteiger charge is -1.95. The molecular weight excluding hydrogens is 140 g/mol. The number of hydrogen-bond donors (Lipinski definition) is 0. The van der Waals surface area contributed by atoms with Crippen molar-refractivity contribution >= 4 is 12.1 Å². The van der Waals surface area contributed by atoms with E-state index >= 15 is 0 Å². The minimum absolute atomic E-state index is 0.264. The van der Waals surface area contributed by atoms with Crippen molar-refractivity contribution in [1.29, 1.82) is 0 Å². The van der Waals surface area contributed by atoms with Gasteiger partial charge in [-0.1, -0.05) is 12.8 Å². The lowest BCUT2D eigenvalue weighted by atomic mass is 10.1. The molecule has 0 aliphatic carbocycles. The lowest BCUT2D eigenvalue weighted by Crippen LogP contribution is -1.89. The van der Waals surface area contributed by atoms with E-state index in [4.69, 9.17) is 0 Å². The van der Waals surface area contributed by atoms with Gasteiger partial charge in [0.1, 0.15) is 12.1 Å². The van der Waals surface area contributed by atoms with Gasteiger partial charge in [0, 0.05) is 12.8 Å². The number of rotatable bonds is 7. The number of carbonyl (C=O) groups is 2. The molecule has 0 aromatic rings. The van der Waals surface area contributed by atoms with E-state index in [9.17, 15) is 9.59 Å². The smallest absolute Gasteiger partial charge is 0.129 e. The summed E-state index contributed by atoms with van der Waals surface area (Å²) in [6.07, 6.45) is 6.42. The Bertz CT molecular complexity index is 119. The standard InChI is InChI=1S/C9H16O2/c1-9(11)7-5-3-2-4-6-8-10/h8H,2-7H2,1H3. The Kier molecular flexibility index (Phi) is 7.00. The lowest BCUT2D eigenvalue weighted by molar-refractivity contribution is -0.117. The van der Waals surface area contributed by atoms with E-state index in [1.807, 2.05) is 0 Å². The summed E-state index contributed by atoms with van der Waals surface area (Å²) in [7, 11) is 0. The Morgan fingerprint density at radius 3 is 2.36 bits per heavy atom. The van der Waals surface area contributed by atoms with Crippen molar-refractivity contribution in [2.75, 3.05) is 0 Å². The van der Waals surface area contributed by atoms with Crippen molar-refractivity contribution in [2.24, 2.45) is 0 Å². The summed E-state index contributed by atoms with van der Waals surface area (Å²) in [5.74, 6) is 0.264. The van der Waals surface area contributed by atoms with E-state index in [1.54, 1.807) is 6.92 Å². The number of hydrogen-bond acceptors (Lipinski definition) is 2. The molecular formula is C9H16O2. The summed E-state index contributed by atoms with van der Waals surface area (Å²) in [5.41, 5.74) is 0. The summed E-state index contributed by atoms with van der Waals surface area (Å²) in [6.45, 7) is 1.62. The van der Waals surface area contributed by atoms with E-state index < -0.39 is 0 Å². The van der Waals surface area contributed by atoms with Crippen molar-refractivity contribution in [1.82, 2.24) is 0 Å². The molecule has 0 aromatic heterocycles. The van der Waals surface area contributed by atoms with Gasteiger partial charge in [0.15, 0.2) is 0 Å². The summed E-state index contributed by atoms with van der Waals surface area (Å²) < 4.78 is 0. The highest BCUT2D eigenvalue weighted by Gasteiger charge is 1.93. The third kappa shape index (κ3) is 9.34. The average Bonchev–Trinajstić information content (AvgIpc) is 1.96. The van der Waals surface area contributed by atoms with Crippen LogP contribution in [-0.4, -0.2) is 12.1 Å². The summed E-state index contributed by atoms with van der Waals surface area (Å²) in [6, 6.07) is 0. The van der Waals surface area contributed by atoms with E-state index in [-0.39, 0.29) is 5.78 Å². The van der Waals surface area contributed by atoms with Crippen LogP contribution in [0.3, 0.4) is 0 Å². The molecule has 0 fully saturated rings. The van der Waals surface area contributed by atoms with Gasteiger partial charge in [0.05, 0.1) is 0 Å². The van der Waals surface area contributed by atoms with Gasteiger partial charge in [-0.25, -0.2) is 0 Å². The van der Waals surface area contributed by atoms with Crippen LogP contribution in [0.4, 0.5) is 0 Å². The summed E-state index contributed by atoms with van der Waals surface area (Å²) >= 11 is 0.